The minimum absolute atomic E-state index is 0.0619. The molecule has 7 heteroatoms. The van der Waals surface area contributed by atoms with Crippen molar-refractivity contribution in [2.24, 2.45) is 0 Å². The molecule has 17 rings (SSSR count). The third kappa shape index (κ3) is 6.06. The van der Waals surface area contributed by atoms with Crippen molar-refractivity contribution in [3.63, 3.8) is 0 Å². The number of anilines is 12. The van der Waals surface area contributed by atoms with Crippen molar-refractivity contribution < 1.29 is 0 Å². The molecule has 0 radical (unpaired) electrons. The molecule has 0 aliphatic carbocycles. The molecule has 356 valence electrons. The Kier molecular flexibility index (Phi) is 9.15. The monoisotopic (exact) mass is 994 g/mol. The Morgan fingerprint density at radius 2 is 0.545 bits per heavy atom. The summed E-state index contributed by atoms with van der Waals surface area (Å²) in [7, 11) is 0. The normalized spacial score (nSPS) is 13.6. The molecule has 0 bridgehead atoms. The van der Waals surface area contributed by atoms with Gasteiger partial charge in [0.25, 0.3) is 13.4 Å². The summed E-state index contributed by atoms with van der Waals surface area (Å²) >= 11 is 1.92. The van der Waals surface area contributed by atoms with Gasteiger partial charge < -0.3 is 19.6 Å². The van der Waals surface area contributed by atoms with Gasteiger partial charge in [0.1, 0.15) is 0 Å². The molecule has 1 aromatic heterocycles. The summed E-state index contributed by atoms with van der Waals surface area (Å²) in [5.41, 5.74) is 29.4. The van der Waals surface area contributed by atoms with E-state index in [1.54, 1.807) is 0 Å². The van der Waals surface area contributed by atoms with E-state index in [0.29, 0.717) is 0 Å². The lowest BCUT2D eigenvalue weighted by Gasteiger charge is -2.52. The highest BCUT2D eigenvalue weighted by Crippen LogP contribution is 2.65. The first kappa shape index (κ1) is 42.8. The number of nitrogens with zero attached hydrogens (tertiary/aromatic N) is 4. The van der Waals surface area contributed by atoms with Gasteiger partial charge in [-0.15, -0.1) is 11.3 Å². The molecule has 0 N–H and O–H groups in total. The molecule has 0 unspecified atom stereocenters. The molecule has 4 nitrogen and oxygen atoms in total. The average Bonchev–Trinajstić information content (AvgIpc) is 4.16. The smallest absolute Gasteiger partial charge is 0.252 e. The van der Waals surface area contributed by atoms with Crippen LogP contribution < -0.4 is 52.4 Å². The lowest BCUT2D eigenvalue weighted by molar-refractivity contribution is 1.18. The van der Waals surface area contributed by atoms with Crippen LogP contribution in [0.4, 0.5) is 68.2 Å². The standard InChI is InChI=1S/C70H44B2N4S/c1-7-23-45(24-8-1)49-41-59-63-61(43-49)75-65-55(71(63)53-35-19-21-37-57(53)73(59)51-31-15-5-16-32-51)39-40-56-66(65)76(68-67(75)69(47-27-11-3-12-28-47)77-70(68)48-29-13-4-14-30-48)62-44-50(46-25-9-2-10-26-46)42-60-64(62)72(56)54-36-20-22-38-58(54)74(60)52-33-17-6-18-34-52/h1-44H. The van der Waals surface area contributed by atoms with Crippen LogP contribution >= 0.6 is 11.3 Å². The fraction of sp³-hybridized carbons (Fsp3) is 0. The second-order valence-corrected chi connectivity index (χ2v) is 21.7. The summed E-state index contributed by atoms with van der Waals surface area (Å²) < 4.78 is 0. The third-order valence-corrected chi connectivity index (χ3v) is 18.0. The van der Waals surface area contributed by atoms with Gasteiger partial charge in [0, 0.05) is 45.5 Å². The van der Waals surface area contributed by atoms with E-state index in [4.69, 9.17) is 0 Å². The number of thiophene rings is 1. The third-order valence-electron chi connectivity index (χ3n) is 16.7. The molecular formula is C70H44B2N4S. The van der Waals surface area contributed by atoms with Crippen molar-refractivity contribution in [2.45, 2.75) is 0 Å². The molecule has 5 aliphatic rings. The highest BCUT2D eigenvalue weighted by molar-refractivity contribution is 7.20. The molecule has 0 atom stereocenters. The van der Waals surface area contributed by atoms with Gasteiger partial charge in [0.15, 0.2) is 0 Å². The lowest BCUT2D eigenvalue weighted by Crippen LogP contribution is -2.65. The predicted molar refractivity (Wildman–Crippen MR) is 328 cm³/mol. The maximum absolute atomic E-state index is 2.74. The largest absolute Gasteiger partial charge is 0.311 e. The molecule has 77 heavy (non-hydrogen) atoms. The van der Waals surface area contributed by atoms with Gasteiger partial charge in [-0.1, -0.05) is 206 Å². The summed E-state index contributed by atoms with van der Waals surface area (Å²) in [5.74, 6) is 0. The number of hydrogen-bond donors (Lipinski definition) is 0. The Labute approximate surface area is 452 Å². The zero-order chi connectivity index (χ0) is 50.3. The van der Waals surface area contributed by atoms with E-state index in [1.165, 1.54) is 133 Å². The number of hydrogen-bond acceptors (Lipinski definition) is 5. The van der Waals surface area contributed by atoms with Gasteiger partial charge in [0.05, 0.1) is 32.5 Å². The Balaban J connectivity index is 1.06. The van der Waals surface area contributed by atoms with Crippen molar-refractivity contribution in [1.29, 1.82) is 0 Å². The molecule has 0 fully saturated rings. The van der Waals surface area contributed by atoms with Crippen LogP contribution in [-0.2, 0) is 0 Å². The highest BCUT2D eigenvalue weighted by atomic mass is 32.1. The number of rotatable bonds is 6. The summed E-state index contributed by atoms with van der Waals surface area (Å²) in [5, 5.41) is 0. The molecule has 5 aliphatic heterocycles. The first-order chi connectivity index (χ1) is 38.3. The molecule has 6 heterocycles. The molecule has 0 saturated heterocycles. The fourth-order valence-corrected chi connectivity index (χ4v) is 14.9. The molecule has 0 spiro atoms. The second kappa shape index (κ2) is 16.5. The highest BCUT2D eigenvalue weighted by Gasteiger charge is 2.53. The summed E-state index contributed by atoms with van der Waals surface area (Å²) in [6, 6.07) is 99.6. The van der Waals surface area contributed by atoms with Crippen LogP contribution in [0.15, 0.2) is 267 Å². The summed E-state index contributed by atoms with van der Waals surface area (Å²) in [4.78, 5) is 13.0. The van der Waals surface area contributed by atoms with E-state index in [9.17, 15) is 0 Å². The predicted octanol–water partition coefficient (Wildman–Crippen LogP) is 14.9. The maximum Gasteiger partial charge on any atom is 0.252 e. The van der Waals surface area contributed by atoms with Crippen LogP contribution in [0.25, 0.3) is 43.1 Å². The Bertz CT molecular complexity index is 4080. The molecule has 11 aromatic carbocycles. The van der Waals surface area contributed by atoms with E-state index >= 15 is 0 Å². The Morgan fingerprint density at radius 3 is 0.922 bits per heavy atom. The SMILES string of the molecule is c1ccc(-c2cc3c4c(c2)N2c5c(ccc6c5N(c5cc(-c7ccccc7)cc7c5B6c5ccccc5N7c5ccccc5)c5c(-c6ccccc6)sc(-c6ccccc6)c52)B4c2ccccc2N3c2ccccc2)cc1. The minimum atomic E-state index is -0.0619. The zero-order valence-corrected chi connectivity index (χ0v) is 42.6. The minimum Gasteiger partial charge on any atom is -0.311 e. The number of para-hydroxylation sites is 4. The maximum atomic E-state index is 2.74. The quantitative estimate of drug-likeness (QED) is 0.154. The number of benzene rings is 11. The van der Waals surface area contributed by atoms with E-state index in [2.05, 4.69) is 287 Å². The van der Waals surface area contributed by atoms with Crippen LogP contribution in [0.1, 0.15) is 0 Å². The van der Waals surface area contributed by atoms with Crippen molar-refractivity contribution in [3.05, 3.63) is 267 Å². The van der Waals surface area contributed by atoms with Crippen molar-refractivity contribution in [1.82, 2.24) is 0 Å². The average molecular weight is 995 g/mol. The van der Waals surface area contributed by atoms with Gasteiger partial charge in [0.2, 0.25) is 0 Å². The van der Waals surface area contributed by atoms with Gasteiger partial charge >= 0.3 is 0 Å². The molecule has 0 amide bonds. The topological polar surface area (TPSA) is 13.0 Å². The van der Waals surface area contributed by atoms with Gasteiger partial charge in [-0.2, -0.15) is 0 Å². The molecule has 12 aromatic rings. The molecular weight excluding hydrogens is 950 g/mol. The zero-order valence-electron chi connectivity index (χ0n) is 41.8. The van der Waals surface area contributed by atoms with Crippen LogP contribution in [0, 0.1) is 0 Å². The lowest BCUT2D eigenvalue weighted by atomic mass is 9.31. The first-order valence-corrected chi connectivity index (χ1v) is 27.5. The van der Waals surface area contributed by atoms with Crippen LogP contribution in [-0.4, -0.2) is 13.4 Å². The van der Waals surface area contributed by atoms with Gasteiger partial charge in [-0.25, -0.2) is 0 Å². The number of fused-ring (bicyclic) bond motifs is 11. The first-order valence-electron chi connectivity index (χ1n) is 26.7. The van der Waals surface area contributed by atoms with E-state index in [0.717, 1.165) is 11.4 Å². The van der Waals surface area contributed by atoms with Crippen molar-refractivity contribution in [3.8, 4) is 43.1 Å². The van der Waals surface area contributed by atoms with Crippen molar-refractivity contribution >= 4 is 126 Å². The Hall–Kier alpha value is -9.55. The van der Waals surface area contributed by atoms with Crippen LogP contribution in [0.2, 0.25) is 0 Å². The van der Waals surface area contributed by atoms with E-state index < -0.39 is 0 Å². The van der Waals surface area contributed by atoms with Crippen LogP contribution in [0.5, 0.6) is 0 Å². The summed E-state index contributed by atoms with van der Waals surface area (Å²) in [6.45, 7) is -0.124. The molecule has 0 saturated carbocycles. The van der Waals surface area contributed by atoms with Gasteiger partial charge in [-0.05, 0) is 127 Å². The fourth-order valence-electron chi connectivity index (χ4n) is 13.6. The van der Waals surface area contributed by atoms with Crippen LogP contribution in [0.3, 0.4) is 0 Å². The van der Waals surface area contributed by atoms with Gasteiger partial charge in [-0.3, -0.25) is 0 Å². The van der Waals surface area contributed by atoms with E-state index in [1.807, 2.05) is 11.3 Å². The van der Waals surface area contributed by atoms with Crippen molar-refractivity contribution in [2.75, 3.05) is 19.6 Å². The summed E-state index contributed by atoms with van der Waals surface area (Å²) in [6.07, 6.45) is 0. The second-order valence-electron chi connectivity index (χ2n) is 20.7. The Morgan fingerprint density at radius 1 is 0.234 bits per heavy atom. The van der Waals surface area contributed by atoms with E-state index in [-0.39, 0.29) is 13.4 Å².